The number of hydrogen-bond acceptors (Lipinski definition) is 3. The molecule has 1 amide bonds. The Morgan fingerprint density at radius 1 is 1.29 bits per heavy atom. The smallest absolute Gasteiger partial charge is 0.257 e. The monoisotopic (exact) mass is 283 g/mol. The van der Waals surface area contributed by atoms with E-state index in [4.69, 9.17) is 5.26 Å². The molecule has 0 saturated heterocycles. The molecule has 0 unspecified atom stereocenters. The van der Waals surface area contributed by atoms with Crippen LogP contribution in [0.2, 0.25) is 0 Å². The molecule has 0 aliphatic carbocycles. The van der Waals surface area contributed by atoms with Crippen molar-refractivity contribution in [2.24, 2.45) is 0 Å². The maximum absolute atomic E-state index is 13.7. The van der Waals surface area contributed by atoms with E-state index in [1.165, 1.54) is 18.2 Å². The molecule has 2 N–H and O–H groups in total. The van der Waals surface area contributed by atoms with Crippen LogP contribution in [0.3, 0.4) is 0 Å². The normalized spacial score (nSPS) is 9.81. The fourth-order valence-corrected chi connectivity index (χ4v) is 1.98. The van der Waals surface area contributed by atoms with Gasteiger partial charge in [0.15, 0.2) is 0 Å². The standard InChI is InChI=1S/C16H14FN3O/c1-10-6-7-11(9-18)8-14(10)20-16(21)12-4-3-5-13(17)15(12)19-2/h3-8,19H,1-2H3,(H,20,21). The van der Waals surface area contributed by atoms with Crippen LogP contribution in [-0.2, 0) is 0 Å². The van der Waals surface area contributed by atoms with E-state index in [9.17, 15) is 9.18 Å². The zero-order chi connectivity index (χ0) is 15.4. The Hall–Kier alpha value is -2.87. The van der Waals surface area contributed by atoms with Gasteiger partial charge < -0.3 is 10.6 Å². The van der Waals surface area contributed by atoms with Crippen LogP contribution in [0.25, 0.3) is 0 Å². The zero-order valence-electron chi connectivity index (χ0n) is 11.7. The number of anilines is 2. The van der Waals surface area contributed by atoms with Gasteiger partial charge in [-0.1, -0.05) is 12.1 Å². The molecule has 0 radical (unpaired) electrons. The number of carbonyl (C=O) groups excluding carboxylic acids is 1. The summed E-state index contributed by atoms with van der Waals surface area (Å²) in [4.78, 5) is 12.3. The lowest BCUT2D eigenvalue weighted by Crippen LogP contribution is -2.15. The third-order valence-electron chi connectivity index (χ3n) is 3.12. The van der Waals surface area contributed by atoms with Gasteiger partial charge in [-0.25, -0.2) is 4.39 Å². The molecule has 0 spiro atoms. The van der Waals surface area contributed by atoms with Crippen LogP contribution in [0.4, 0.5) is 15.8 Å². The molecule has 0 aromatic heterocycles. The minimum Gasteiger partial charge on any atom is -0.385 e. The van der Waals surface area contributed by atoms with E-state index in [-0.39, 0.29) is 11.3 Å². The summed E-state index contributed by atoms with van der Waals surface area (Å²) in [6.45, 7) is 1.82. The molecule has 0 aliphatic rings. The van der Waals surface area contributed by atoms with Crippen molar-refractivity contribution in [1.82, 2.24) is 0 Å². The number of rotatable bonds is 3. The minimum atomic E-state index is -0.493. The highest BCUT2D eigenvalue weighted by atomic mass is 19.1. The lowest BCUT2D eigenvalue weighted by atomic mass is 10.1. The van der Waals surface area contributed by atoms with Crippen molar-refractivity contribution >= 4 is 17.3 Å². The molecule has 5 heteroatoms. The first-order valence-electron chi connectivity index (χ1n) is 6.35. The fraction of sp³-hybridized carbons (Fsp3) is 0.125. The van der Waals surface area contributed by atoms with Crippen molar-refractivity contribution in [3.05, 3.63) is 58.9 Å². The summed E-state index contributed by atoms with van der Waals surface area (Å²) in [6, 6.07) is 11.3. The van der Waals surface area contributed by atoms with Crippen LogP contribution in [0.5, 0.6) is 0 Å². The molecular formula is C16H14FN3O. The predicted octanol–water partition coefficient (Wildman–Crippen LogP) is 3.30. The third-order valence-corrected chi connectivity index (χ3v) is 3.12. The lowest BCUT2D eigenvalue weighted by Gasteiger charge is -2.12. The van der Waals surface area contributed by atoms with Crippen LogP contribution < -0.4 is 10.6 Å². The predicted molar refractivity (Wildman–Crippen MR) is 79.8 cm³/mol. The molecule has 0 atom stereocenters. The molecule has 106 valence electrons. The first kappa shape index (κ1) is 14.5. The molecule has 4 nitrogen and oxygen atoms in total. The third kappa shape index (κ3) is 3.00. The highest BCUT2D eigenvalue weighted by Gasteiger charge is 2.15. The molecule has 2 aromatic rings. The Bertz CT molecular complexity index is 735. The quantitative estimate of drug-likeness (QED) is 0.908. The summed E-state index contributed by atoms with van der Waals surface area (Å²) in [6.07, 6.45) is 0. The molecule has 0 fully saturated rings. The molecule has 21 heavy (non-hydrogen) atoms. The zero-order valence-corrected chi connectivity index (χ0v) is 11.7. The van der Waals surface area contributed by atoms with E-state index in [0.717, 1.165) is 5.56 Å². The molecule has 2 rings (SSSR count). The number of nitrogens with one attached hydrogen (secondary N) is 2. The van der Waals surface area contributed by atoms with Gasteiger partial charge in [-0.15, -0.1) is 0 Å². The highest BCUT2D eigenvalue weighted by molar-refractivity contribution is 6.08. The number of benzene rings is 2. The Kier molecular flexibility index (Phi) is 4.19. The van der Waals surface area contributed by atoms with E-state index in [2.05, 4.69) is 10.6 Å². The minimum absolute atomic E-state index is 0.143. The first-order valence-corrected chi connectivity index (χ1v) is 6.35. The molecule has 2 aromatic carbocycles. The van der Waals surface area contributed by atoms with E-state index in [1.807, 2.05) is 13.0 Å². The maximum Gasteiger partial charge on any atom is 0.257 e. The fourth-order valence-electron chi connectivity index (χ4n) is 1.98. The summed E-state index contributed by atoms with van der Waals surface area (Å²) in [5.41, 5.74) is 2.16. The average molecular weight is 283 g/mol. The summed E-state index contributed by atoms with van der Waals surface area (Å²) in [5, 5.41) is 14.3. The topological polar surface area (TPSA) is 64.9 Å². The molecule has 0 aliphatic heterocycles. The largest absolute Gasteiger partial charge is 0.385 e. The molecule has 0 saturated carbocycles. The average Bonchev–Trinajstić information content (AvgIpc) is 2.49. The Morgan fingerprint density at radius 3 is 2.71 bits per heavy atom. The SMILES string of the molecule is CNc1c(F)cccc1C(=O)Nc1cc(C#N)ccc1C. The van der Waals surface area contributed by atoms with Gasteiger partial charge in [-0.05, 0) is 36.8 Å². The van der Waals surface area contributed by atoms with Gasteiger partial charge in [0.05, 0.1) is 22.9 Å². The Labute approximate surface area is 122 Å². The number of hydrogen-bond donors (Lipinski definition) is 2. The van der Waals surface area contributed by atoms with E-state index >= 15 is 0 Å². The number of nitriles is 1. The number of para-hydroxylation sites is 1. The van der Waals surface area contributed by atoms with Gasteiger partial charge >= 0.3 is 0 Å². The lowest BCUT2D eigenvalue weighted by molar-refractivity contribution is 0.102. The van der Waals surface area contributed by atoms with E-state index in [1.54, 1.807) is 25.2 Å². The van der Waals surface area contributed by atoms with Crippen LogP contribution in [0, 0.1) is 24.1 Å². The van der Waals surface area contributed by atoms with Crippen molar-refractivity contribution in [2.45, 2.75) is 6.92 Å². The second-order valence-electron chi connectivity index (χ2n) is 4.51. The number of carbonyl (C=O) groups is 1. The van der Waals surface area contributed by atoms with Crippen LogP contribution in [-0.4, -0.2) is 13.0 Å². The van der Waals surface area contributed by atoms with Crippen LogP contribution in [0.15, 0.2) is 36.4 Å². The van der Waals surface area contributed by atoms with Crippen molar-refractivity contribution in [1.29, 1.82) is 5.26 Å². The van der Waals surface area contributed by atoms with Crippen molar-refractivity contribution in [3.8, 4) is 6.07 Å². The van der Waals surface area contributed by atoms with Crippen molar-refractivity contribution in [3.63, 3.8) is 0 Å². The van der Waals surface area contributed by atoms with Crippen molar-refractivity contribution < 1.29 is 9.18 Å². The summed E-state index contributed by atoms with van der Waals surface area (Å²) >= 11 is 0. The van der Waals surface area contributed by atoms with Gasteiger partial charge in [-0.2, -0.15) is 5.26 Å². The van der Waals surface area contributed by atoms with Crippen LogP contribution in [0.1, 0.15) is 21.5 Å². The van der Waals surface area contributed by atoms with E-state index < -0.39 is 11.7 Å². The number of halogens is 1. The Morgan fingerprint density at radius 2 is 2.05 bits per heavy atom. The van der Waals surface area contributed by atoms with E-state index in [0.29, 0.717) is 11.3 Å². The highest BCUT2D eigenvalue weighted by Crippen LogP contribution is 2.22. The second-order valence-corrected chi connectivity index (χ2v) is 4.51. The summed E-state index contributed by atoms with van der Waals surface area (Å²) in [7, 11) is 1.55. The van der Waals surface area contributed by atoms with Gasteiger partial charge in [0.25, 0.3) is 5.91 Å². The summed E-state index contributed by atoms with van der Waals surface area (Å²) < 4.78 is 13.7. The number of aryl methyl sites for hydroxylation is 1. The van der Waals surface area contributed by atoms with Gasteiger partial charge in [0, 0.05) is 12.7 Å². The van der Waals surface area contributed by atoms with Gasteiger partial charge in [0.1, 0.15) is 5.82 Å². The molecule has 0 bridgehead atoms. The number of amides is 1. The van der Waals surface area contributed by atoms with Crippen molar-refractivity contribution in [2.75, 3.05) is 17.7 Å². The number of nitrogens with zero attached hydrogens (tertiary/aromatic N) is 1. The summed E-state index contributed by atoms with van der Waals surface area (Å²) in [5.74, 6) is -0.926. The first-order chi connectivity index (χ1) is 10.1. The van der Waals surface area contributed by atoms with Gasteiger partial charge in [0.2, 0.25) is 0 Å². The second kappa shape index (κ2) is 6.06. The van der Waals surface area contributed by atoms with Crippen LogP contribution >= 0.6 is 0 Å². The van der Waals surface area contributed by atoms with Gasteiger partial charge in [-0.3, -0.25) is 4.79 Å². The molecular weight excluding hydrogens is 269 g/mol. The maximum atomic E-state index is 13.7. The Balaban J connectivity index is 2.35. The molecule has 0 heterocycles.